The van der Waals surface area contributed by atoms with Gasteiger partial charge in [-0.15, -0.1) is 0 Å². The van der Waals surface area contributed by atoms with Crippen LogP contribution in [0.1, 0.15) is 6.42 Å². The van der Waals surface area contributed by atoms with Crippen LogP contribution < -0.4 is 10.2 Å². The lowest BCUT2D eigenvalue weighted by Gasteiger charge is -2.17. The van der Waals surface area contributed by atoms with Gasteiger partial charge < -0.3 is 15.0 Å². The van der Waals surface area contributed by atoms with Crippen LogP contribution in [0, 0.1) is 11.7 Å². The summed E-state index contributed by atoms with van der Waals surface area (Å²) in [6, 6.07) is 10.3. The Hall–Kier alpha value is -2.64. The van der Waals surface area contributed by atoms with Crippen LogP contribution >= 0.6 is 23.2 Å². The van der Waals surface area contributed by atoms with Crippen LogP contribution in [0.4, 0.5) is 15.8 Å². The molecule has 28 heavy (non-hydrogen) atoms. The molecule has 0 radical (unpaired) electrons. The Balaban J connectivity index is 1.54. The monoisotopic (exact) mass is 424 g/mol. The number of nitrogens with zero attached hydrogens (tertiary/aromatic N) is 1. The topological polar surface area (TPSA) is 75.7 Å². The zero-order valence-corrected chi connectivity index (χ0v) is 16.0. The van der Waals surface area contributed by atoms with Crippen LogP contribution in [0.15, 0.2) is 42.5 Å². The third-order valence-corrected chi connectivity index (χ3v) is 4.53. The minimum Gasteiger partial charge on any atom is -0.455 e. The molecule has 0 spiro atoms. The molecule has 2 aromatic rings. The zero-order valence-electron chi connectivity index (χ0n) is 14.5. The number of carbonyl (C=O) groups excluding carboxylic acids is 3. The normalized spacial score (nSPS) is 16.2. The van der Waals surface area contributed by atoms with E-state index in [1.54, 1.807) is 6.07 Å². The minimum absolute atomic E-state index is 0.00980. The first-order valence-corrected chi connectivity index (χ1v) is 9.06. The molecule has 0 aliphatic carbocycles. The van der Waals surface area contributed by atoms with Gasteiger partial charge in [0.05, 0.1) is 11.6 Å². The van der Waals surface area contributed by atoms with Crippen molar-refractivity contribution in [2.45, 2.75) is 6.42 Å². The number of esters is 1. The number of halogens is 3. The number of ether oxygens (including phenoxy) is 1. The number of amides is 2. The molecule has 0 bridgehead atoms. The minimum atomic E-state index is -0.777. The highest BCUT2D eigenvalue weighted by atomic mass is 35.5. The number of rotatable bonds is 5. The number of nitrogens with one attached hydrogen (secondary N) is 1. The SMILES string of the molecule is O=C(COC(=O)[C@@H]1CC(=O)N(c2ccccc2F)C1)Nc1cc(Cl)cc(Cl)c1. The Bertz CT molecular complexity index is 918. The molecule has 0 saturated carbocycles. The predicted octanol–water partition coefficient (Wildman–Crippen LogP) is 3.67. The summed E-state index contributed by atoms with van der Waals surface area (Å²) in [5.74, 6) is -3.00. The highest BCUT2D eigenvalue weighted by Crippen LogP contribution is 2.28. The van der Waals surface area contributed by atoms with Gasteiger partial charge >= 0.3 is 5.97 Å². The lowest BCUT2D eigenvalue weighted by Crippen LogP contribution is -2.28. The molecule has 1 aliphatic heterocycles. The van der Waals surface area contributed by atoms with Gasteiger partial charge in [0, 0.05) is 28.7 Å². The number of carbonyl (C=O) groups is 3. The molecular weight excluding hydrogens is 410 g/mol. The van der Waals surface area contributed by atoms with Crippen LogP contribution in [-0.4, -0.2) is 30.9 Å². The second kappa shape index (κ2) is 8.58. The lowest BCUT2D eigenvalue weighted by atomic mass is 10.1. The maximum Gasteiger partial charge on any atom is 0.311 e. The summed E-state index contributed by atoms with van der Waals surface area (Å²) in [6.45, 7) is -0.544. The third kappa shape index (κ3) is 4.79. The largest absolute Gasteiger partial charge is 0.455 e. The number of benzene rings is 2. The molecule has 1 atom stereocenters. The van der Waals surface area contributed by atoms with Crippen molar-refractivity contribution in [3.63, 3.8) is 0 Å². The van der Waals surface area contributed by atoms with Crippen LogP contribution in [-0.2, 0) is 19.1 Å². The maximum atomic E-state index is 13.9. The molecule has 1 heterocycles. The van der Waals surface area contributed by atoms with Crippen LogP contribution in [0.5, 0.6) is 0 Å². The summed E-state index contributed by atoms with van der Waals surface area (Å²) in [4.78, 5) is 37.5. The molecule has 1 fully saturated rings. The molecule has 0 unspecified atom stereocenters. The summed E-state index contributed by atoms with van der Waals surface area (Å²) in [5.41, 5.74) is 0.471. The lowest BCUT2D eigenvalue weighted by molar-refractivity contribution is -0.151. The van der Waals surface area contributed by atoms with Gasteiger partial charge in [0.2, 0.25) is 5.91 Å². The molecule has 146 valence electrons. The van der Waals surface area contributed by atoms with Gasteiger partial charge in [-0.3, -0.25) is 14.4 Å². The van der Waals surface area contributed by atoms with Crippen molar-refractivity contribution in [3.8, 4) is 0 Å². The highest BCUT2D eigenvalue weighted by molar-refractivity contribution is 6.35. The standard InChI is InChI=1S/C19H15Cl2FN2O4/c20-12-6-13(21)8-14(7-12)23-17(25)10-28-19(27)11-5-18(26)24(9-11)16-4-2-1-3-15(16)22/h1-4,6-8,11H,5,9-10H2,(H,23,25)/t11-/m1/s1. The molecule has 1 aliphatic rings. The summed E-state index contributed by atoms with van der Waals surface area (Å²) < 4.78 is 18.9. The second-order valence-electron chi connectivity index (χ2n) is 6.17. The van der Waals surface area contributed by atoms with Crippen molar-refractivity contribution >= 4 is 52.4 Å². The summed E-state index contributed by atoms with van der Waals surface area (Å²) in [7, 11) is 0. The van der Waals surface area contributed by atoms with Crippen LogP contribution in [0.2, 0.25) is 10.0 Å². The molecular formula is C19H15Cl2FN2O4. The fourth-order valence-electron chi connectivity index (χ4n) is 2.85. The van der Waals surface area contributed by atoms with E-state index in [2.05, 4.69) is 5.32 Å². The van der Waals surface area contributed by atoms with E-state index in [1.807, 2.05) is 0 Å². The predicted molar refractivity (Wildman–Crippen MR) is 103 cm³/mol. The molecule has 6 nitrogen and oxygen atoms in total. The van der Waals surface area contributed by atoms with Gasteiger partial charge in [0.15, 0.2) is 6.61 Å². The van der Waals surface area contributed by atoms with Gasteiger partial charge in [0.1, 0.15) is 5.82 Å². The van der Waals surface area contributed by atoms with E-state index in [1.165, 1.54) is 41.3 Å². The van der Waals surface area contributed by atoms with Crippen molar-refractivity contribution in [1.29, 1.82) is 0 Å². The first kappa shape index (κ1) is 20.1. The first-order chi connectivity index (χ1) is 13.3. The Kier molecular flexibility index (Phi) is 6.16. The van der Waals surface area contributed by atoms with E-state index < -0.39 is 30.2 Å². The van der Waals surface area contributed by atoms with Crippen molar-refractivity contribution in [3.05, 3.63) is 58.3 Å². The Labute approximate surface area is 170 Å². The van der Waals surface area contributed by atoms with Crippen molar-refractivity contribution in [2.75, 3.05) is 23.4 Å². The highest BCUT2D eigenvalue weighted by Gasteiger charge is 2.37. The van der Waals surface area contributed by atoms with E-state index in [4.69, 9.17) is 27.9 Å². The smallest absolute Gasteiger partial charge is 0.311 e. The molecule has 2 amide bonds. The van der Waals surface area contributed by atoms with E-state index >= 15 is 0 Å². The molecule has 3 rings (SSSR count). The van der Waals surface area contributed by atoms with Crippen molar-refractivity contribution < 1.29 is 23.5 Å². The number of hydrogen-bond donors (Lipinski definition) is 1. The summed E-state index contributed by atoms with van der Waals surface area (Å²) in [6.07, 6.45) is -0.112. The Morgan fingerprint density at radius 2 is 1.86 bits per heavy atom. The number of para-hydroxylation sites is 1. The molecule has 2 aromatic carbocycles. The molecule has 1 saturated heterocycles. The van der Waals surface area contributed by atoms with Gasteiger partial charge in [0.25, 0.3) is 5.91 Å². The zero-order chi connectivity index (χ0) is 20.3. The third-order valence-electron chi connectivity index (χ3n) is 4.09. The maximum absolute atomic E-state index is 13.9. The summed E-state index contributed by atoms with van der Waals surface area (Å²) >= 11 is 11.7. The van der Waals surface area contributed by atoms with Gasteiger partial charge in [-0.1, -0.05) is 35.3 Å². The van der Waals surface area contributed by atoms with Crippen molar-refractivity contribution in [1.82, 2.24) is 0 Å². The summed E-state index contributed by atoms with van der Waals surface area (Å²) in [5, 5.41) is 3.20. The molecule has 9 heteroatoms. The number of anilines is 2. The first-order valence-electron chi connectivity index (χ1n) is 8.31. The Morgan fingerprint density at radius 3 is 2.54 bits per heavy atom. The average Bonchev–Trinajstić information content (AvgIpc) is 3.01. The average molecular weight is 425 g/mol. The fraction of sp³-hybridized carbons (Fsp3) is 0.211. The second-order valence-corrected chi connectivity index (χ2v) is 7.04. The van der Waals surface area contributed by atoms with E-state index in [0.29, 0.717) is 15.7 Å². The van der Waals surface area contributed by atoms with Crippen LogP contribution in [0.3, 0.4) is 0 Å². The van der Waals surface area contributed by atoms with Gasteiger partial charge in [-0.25, -0.2) is 4.39 Å². The quantitative estimate of drug-likeness (QED) is 0.742. The van der Waals surface area contributed by atoms with Crippen LogP contribution in [0.25, 0.3) is 0 Å². The number of hydrogen-bond acceptors (Lipinski definition) is 4. The Morgan fingerprint density at radius 1 is 1.18 bits per heavy atom. The van der Waals surface area contributed by atoms with E-state index in [9.17, 15) is 18.8 Å². The van der Waals surface area contributed by atoms with E-state index in [0.717, 1.165) is 0 Å². The van der Waals surface area contributed by atoms with Crippen molar-refractivity contribution in [2.24, 2.45) is 5.92 Å². The molecule has 1 N–H and O–H groups in total. The van der Waals surface area contributed by atoms with Gasteiger partial charge in [-0.2, -0.15) is 0 Å². The van der Waals surface area contributed by atoms with E-state index in [-0.39, 0.29) is 24.6 Å². The molecule has 0 aromatic heterocycles. The fourth-order valence-corrected chi connectivity index (χ4v) is 3.37. The van der Waals surface area contributed by atoms with Gasteiger partial charge in [-0.05, 0) is 30.3 Å².